The second kappa shape index (κ2) is 10.0. The lowest BCUT2D eigenvalue weighted by atomic mass is 9.92. The first-order valence-corrected chi connectivity index (χ1v) is 10.9. The summed E-state index contributed by atoms with van der Waals surface area (Å²) in [7, 11) is 0. The van der Waals surface area contributed by atoms with E-state index in [0.717, 1.165) is 18.4 Å². The monoisotopic (exact) mass is 463 g/mol. The van der Waals surface area contributed by atoms with E-state index in [0.29, 0.717) is 15.7 Å². The number of nitrogens with zero attached hydrogens (tertiary/aromatic N) is 1. The number of hydrogen-bond donors (Lipinski definition) is 3. The lowest BCUT2D eigenvalue weighted by molar-refractivity contribution is -0.126. The maximum atomic E-state index is 12.5. The minimum absolute atomic E-state index is 0.360. The summed E-state index contributed by atoms with van der Waals surface area (Å²) >= 11 is 12.3. The average Bonchev–Trinajstić information content (AvgIpc) is 2.97. The number of imide groups is 1. The number of benzene rings is 1. The van der Waals surface area contributed by atoms with Crippen molar-refractivity contribution in [3.8, 4) is 0 Å². The second-order valence-corrected chi connectivity index (χ2v) is 9.01. The quantitative estimate of drug-likeness (QED) is 0.415. The number of hydrogen-bond acceptors (Lipinski definition) is 5. The van der Waals surface area contributed by atoms with Crippen LogP contribution in [0.1, 0.15) is 33.6 Å². The van der Waals surface area contributed by atoms with E-state index >= 15 is 0 Å². The third-order valence-electron chi connectivity index (χ3n) is 5.37. The number of hydrazine groups is 1. The summed E-state index contributed by atoms with van der Waals surface area (Å²) in [6, 6.07) is 3.56. The van der Waals surface area contributed by atoms with E-state index in [1.165, 1.54) is 5.57 Å². The minimum atomic E-state index is -0.897. The van der Waals surface area contributed by atoms with Gasteiger partial charge in [0.15, 0.2) is 0 Å². The molecule has 4 unspecified atom stereocenters. The Bertz CT molecular complexity index is 953. The number of fused-ring (bicyclic) bond motifs is 1. The van der Waals surface area contributed by atoms with Crippen LogP contribution in [0.15, 0.2) is 53.6 Å². The van der Waals surface area contributed by atoms with Crippen LogP contribution in [0.3, 0.4) is 0 Å². The van der Waals surface area contributed by atoms with Crippen molar-refractivity contribution in [2.45, 2.75) is 51.8 Å². The zero-order chi connectivity index (χ0) is 22.7. The van der Waals surface area contributed by atoms with Gasteiger partial charge in [-0.2, -0.15) is 0 Å². The van der Waals surface area contributed by atoms with E-state index in [4.69, 9.17) is 23.2 Å². The molecule has 1 saturated heterocycles. The molecule has 3 N–H and O–H groups in total. The predicted molar refractivity (Wildman–Crippen MR) is 124 cm³/mol. The van der Waals surface area contributed by atoms with E-state index in [1.807, 2.05) is 6.92 Å². The van der Waals surface area contributed by atoms with Crippen LogP contribution in [0.4, 0.5) is 5.69 Å². The Morgan fingerprint density at radius 1 is 1.23 bits per heavy atom. The molecule has 0 spiro atoms. The number of amides is 2. The summed E-state index contributed by atoms with van der Waals surface area (Å²) in [6.45, 7) is 6.07. The molecule has 31 heavy (non-hydrogen) atoms. The summed E-state index contributed by atoms with van der Waals surface area (Å²) in [5, 5.41) is 15.8. The van der Waals surface area contributed by atoms with Gasteiger partial charge >= 0.3 is 0 Å². The Labute approximate surface area is 192 Å². The van der Waals surface area contributed by atoms with E-state index in [-0.39, 0.29) is 5.91 Å². The van der Waals surface area contributed by atoms with Crippen molar-refractivity contribution in [1.29, 1.82) is 0 Å². The van der Waals surface area contributed by atoms with Gasteiger partial charge < -0.3 is 10.5 Å². The number of nitrogens with one attached hydrogen (secondary N) is 2. The molecule has 1 fully saturated rings. The molecule has 0 aliphatic carbocycles. The second-order valence-electron chi connectivity index (χ2n) is 8.17. The summed E-state index contributed by atoms with van der Waals surface area (Å²) in [5.74, 6) is -1.42. The van der Waals surface area contributed by atoms with Gasteiger partial charge in [-0.05, 0) is 51.8 Å². The average molecular weight is 464 g/mol. The number of rotatable bonds is 7. The molecule has 3 rings (SSSR count). The van der Waals surface area contributed by atoms with Crippen LogP contribution in [0.25, 0.3) is 0 Å². The molecule has 166 valence electrons. The summed E-state index contributed by atoms with van der Waals surface area (Å²) in [4.78, 5) is 24.7. The molecule has 0 aromatic heterocycles. The molecule has 1 aromatic rings. The van der Waals surface area contributed by atoms with Crippen molar-refractivity contribution in [2.24, 2.45) is 5.92 Å². The SMILES string of the molecule is CC(C)=CCCC(C)=CC(O)C1C=CC2C(=O)NC(=O)C2N1Nc1ccc(Cl)cc1Cl. The van der Waals surface area contributed by atoms with Gasteiger partial charge in [0.2, 0.25) is 11.8 Å². The van der Waals surface area contributed by atoms with Crippen molar-refractivity contribution in [3.63, 3.8) is 0 Å². The van der Waals surface area contributed by atoms with Crippen molar-refractivity contribution >= 4 is 40.7 Å². The molecule has 6 nitrogen and oxygen atoms in total. The van der Waals surface area contributed by atoms with Crippen LogP contribution in [0, 0.1) is 5.92 Å². The van der Waals surface area contributed by atoms with E-state index < -0.39 is 30.0 Å². The van der Waals surface area contributed by atoms with Crippen LogP contribution in [-0.2, 0) is 9.59 Å². The smallest absolute Gasteiger partial charge is 0.246 e. The van der Waals surface area contributed by atoms with Crippen molar-refractivity contribution in [1.82, 2.24) is 10.3 Å². The van der Waals surface area contributed by atoms with E-state index in [9.17, 15) is 14.7 Å². The largest absolute Gasteiger partial charge is 0.387 e. The molecule has 2 aliphatic heterocycles. The molecule has 2 heterocycles. The highest BCUT2D eigenvalue weighted by Crippen LogP contribution is 2.32. The number of anilines is 1. The van der Waals surface area contributed by atoms with Crippen molar-refractivity contribution < 1.29 is 14.7 Å². The number of aliphatic hydroxyl groups is 1. The molecular weight excluding hydrogens is 437 g/mol. The summed E-state index contributed by atoms with van der Waals surface area (Å²) < 4.78 is 0. The van der Waals surface area contributed by atoms with Crippen LogP contribution < -0.4 is 10.7 Å². The Hall–Kier alpha value is -2.12. The van der Waals surface area contributed by atoms with Gasteiger partial charge in [0.1, 0.15) is 6.04 Å². The highest BCUT2D eigenvalue weighted by atomic mass is 35.5. The molecule has 2 aliphatic rings. The predicted octanol–water partition coefficient (Wildman–Crippen LogP) is 4.26. The van der Waals surface area contributed by atoms with Gasteiger partial charge in [0.05, 0.1) is 28.8 Å². The first kappa shape index (κ1) is 23.5. The number of carbonyl (C=O) groups is 2. The van der Waals surface area contributed by atoms with Gasteiger partial charge in [-0.1, -0.05) is 58.7 Å². The van der Waals surface area contributed by atoms with Gasteiger partial charge in [0.25, 0.3) is 0 Å². The standard InChI is InChI=1S/C23H27Cl2N3O3/c1-13(2)5-4-6-14(3)11-20(29)19-10-8-16-21(23(31)26-22(16)30)28(19)27-18-9-7-15(24)12-17(18)25/h5,7-12,16,19-21,27,29H,4,6H2,1-3H3,(H,26,30,31). The Morgan fingerprint density at radius 2 is 1.97 bits per heavy atom. The molecular formula is C23H27Cl2N3O3. The fraction of sp³-hybridized carbons (Fsp3) is 0.391. The van der Waals surface area contributed by atoms with Crippen LogP contribution in [0.5, 0.6) is 0 Å². The first-order valence-electron chi connectivity index (χ1n) is 10.2. The fourth-order valence-electron chi connectivity index (χ4n) is 3.79. The van der Waals surface area contributed by atoms with E-state index in [2.05, 4.69) is 30.7 Å². The molecule has 0 bridgehead atoms. The van der Waals surface area contributed by atoms with Gasteiger partial charge in [0, 0.05) is 5.02 Å². The Balaban J connectivity index is 1.88. The minimum Gasteiger partial charge on any atom is -0.387 e. The van der Waals surface area contributed by atoms with Crippen LogP contribution in [0.2, 0.25) is 10.0 Å². The zero-order valence-electron chi connectivity index (χ0n) is 17.7. The van der Waals surface area contributed by atoms with Crippen molar-refractivity contribution in [2.75, 3.05) is 5.43 Å². The number of aliphatic hydroxyl groups excluding tert-OH is 1. The topological polar surface area (TPSA) is 81.7 Å². The molecule has 8 heteroatoms. The zero-order valence-corrected chi connectivity index (χ0v) is 19.2. The maximum Gasteiger partial charge on any atom is 0.246 e. The fourth-order valence-corrected chi connectivity index (χ4v) is 4.24. The Kier molecular flexibility index (Phi) is 7.59. The third kappa shape index (κ3) is 5.57. The third-order valence-corrected chi connectivity index (χ3v) is 5.92. The van der Waals surface area contributed by atoms with Gasteiger partial charge in [-0.15, -0.1) is 0 Å². The maximum absolute atomic E-state index is 12.5. The molecule has 1 aromatic carbocycles. The van der Waals surface area contributed by atoms with E-state index in [1.54, 1.807) is 41.4 Å². The summed E-state index contributed by atoms with van der Waals surface area (Å²) in [5.41, 5.74) is 5.95. The van der Waals surface area contributed by atoms with Gasteiger partial charge in [-0.3, -0.25) is 14.9 Å². The molecule has 0 radical (unpaired) electrons. The molecule has 4 atom stereocenters. The number of carbonyl (C=O) groups excluding carboxylic acids is 2. The lowest BCUT2D eigenvalue weighted by Gasteiger charge is -2.40. The van der Waals surface area contributed by atoms with Crippen LogP contribution in [-0.4, -0.2) is 40.1 Å². The highest BCUT2D eigenvalue weighted by Gasteiger charge is 2.49. The first-order chi connectivity index (χ1) is 14.7. The van der Waals surface area contributed by atoms with Crippen LogP contribution >= 0.6 is 23.2 Å². The van der Waals surface area contributed by atoms with Gasteiger partial charge in [-0.25, -0.2) is 5.01 Å². The number of allylic oxidation sites excluding steroid dienone is 3. The molecule has 2 amide bonds. The van der Waals surface area contributed by atoms with Crippen molar-refractivity contribution in [3.05, 3.63) is 63.7 Å². The highest BCUT2D eigenvalue weighted by molar-refractivity contribution is 6.36. The lowest BCUT2D eigenvalue weighted by Crippen LogP contribution is -2.57. The summed E-state index contributed by atoms with van der Waals surface area (Å²) in [6.07, 6.45) is 8.20. The Morgan fingerprint density at radius 3 is 2.65 bits per heavy atom. The number of halogens is 2. The normalized spacial score (nSPS) is 24.6. The molecule has 0 saturated carbocycles.